The largest absolute Gasteiger partial charge is 0.339 e. The summed E-state index contributed by atoms with van der Waals surface area (Å²) in [5.41, 5.74) is 1.71. The number of hydrogen-bond donors (Lipinski definition) is 0. The first-order chi connectivity index (χ1) is 13.2. The highest BCUT2D eigenvalue weighted by atomic mass is 32.2. The predicted octanol–water partition coefficient (Wildman–Crippen LogP) is 1.27. The molecule has 9 nitrogen and oxygen atoms in total. The maximum absolute atomic E-state index is 13.1. The number of hydrogen-bond acceptors (Lipinski definition) is 6. The van der Waals surface area contributed by atoms with E-state index in [1.165, 1.54) is 0 Å². The number of nitrogens with zero attached hydrogens (tertiary/aromatic N) is 6. The van der Waals surface area contributed by atoms with Crippen molar-refractivity contribution < 1.29 is 8.42 Å². The zero-order chi connectivity index (χ0) is 20.6. The summed E-state index contributed by atoms with van der Waals surface area (Å²) in [7, 11) is -1.47. The SMILES string of the molecule is CCCCS(=O)(=O)N1CCN(c2nc3c(C)nn(C)c3c(=O)n2C(C)C)CC1. The fourth-order valence-corrected chi connectivity index (χ4v) is 5.32. The lowest BCUT2D eigenvalue weighted by Gasteiger charge is -2.36. The molecule has 0 bridgehead atoms. The summed E-state index contributed by atoms with van der Waals surface area (Å²) in [6.45, 7) is 9.57. The van der Waals surface area contributed by atoms with E-state index in [-0.39, 0.29) is 17.4 Å². The fourth-order valence-electron chi connectivity index (χ4n) is 3.69. The lowest BCUT2D eigenvalue weighted by atomic mass is 10.3. The number of fused-ring (bicyclic) bond motifs is 1. The third kappa shape index (κ3) is 3.67. The quantitative estimate of drug-likeness (QED) is 0.712. The van der Waals surface area contributed by atoms with Gasteiger partial charge >= 0.3 is 0 Å². The van der Waals surface area contributed by atoms with Gasteiger partial charge in [0.1, 0.15) is 5.52 Å². The van der Waals surface area contributed by atoms with E-state index in [9.17, 15) is 13.2 Å². The molecule has 0 amide bonds. The van der Waals surface area contributed by atoms with E-state index in [0.29, 0.717) is 55.3 Å². The lowest BCUT2D eigenvalue weighted by molar-refractivity contribution is 0.377. The Kier molecular flexibility index (Phi) is 5.81. The van der Waals surface area contributed by atoms with E-state index in [4.69, 9.17) is 4.98 Å². The van der Waals surface area contributed by atoms with Crippen molar-refractivity contribution in [2.45, 2.75) is 46.6 Å². The van der Waals surface area contributed by atoms with E-state index in [1.54, 1.807) is 20.6 Å². The van der Waals surface area contributed by atoms with Gasteiger partial charge in [0, 0.05) is 39.3 Å². The highest BCUT2D eigenvalue weighted by molar-refractivity contribution is 7.89. The van der Waals surface area contributed by atoms with Gasteiger partial charge in [0.25, 0.3) is 5.56 Å². The van der Waals surface area contributed by atoms with Gasteiger partial charge in [-0.3, -0.25) is 14.0 Å². The Bertz CT molecular complexity index is 1020. The molecular weight excluding hydrogens is 380 g/mol. The summed E-state index contributed by atoms with van der Waals surface area (Å²) in [5, 5.41) is 4.35. The average Bonchev–Trinajstić information content (AvgIpc) is 2.93. The fraction of sp³-hybridized carbons (Fsp3) is 0.722. The molecule has 156 valence electrons. The smallest absolute Gasteiger partial charge is 0.281 e. The van der Waals surface area contributed by atoms with Gasteiger partial charge in [-0.05, 0) is 27.2 Å². The second-order valence-electron chi connectivity index (χ2n) is 7.64. The molecule has 10 heteroatoms. The van der Waals surface area contributed by atoms with Gasteiger partial charge in [0.15, 0.2) is 5.52 Å². The van der Waals surface area contributed by atoms with Crippen molar-refractivity contribution in [1.82, 2.24) is 23.6 Å². The first kappa shape index (κ1) is 20.8. The molecule has 1 saturated heterocycles. The lowest BCUT2D eigenvalue weighted by Crippen LogP contribution is -2.50. The van der Waals surface area contributed by atoms with Gasteiger partial charge in [-0.1, -0.05) is 13.3 Å². The zero-order valence-corrected chi connectivity index (χ0v) is 18.2. The van der Waals surface area contributed by atoms with Crippen molar-refractivity contribution >= 4 is 27.0 Å². The molecule has 0 unspecified atom stereocenters. The molecule has 0 radical (unpaired) electrons. The van der Waals surface area contributed by atoms with Gasteiger partial charge in [-0.25, -0.2) is 13.4 Å². The number of rotatable bonds is 6. The molecule has 28 heavy (non-hydrogen) atoms. The molecule has 0 N–H and O–H groups in total. The van der Waals surface area contributed by atoms with Crippen LogP contribution < -0.4 is 10.5 Å². The number of unbranched alkanes of at least 4 members (excludes halogenated alkanes) is 1. The first-order valence-electron chi connectivity index (χ1n) is 9.86. The van der Waals surface area contributed by atoms with Crippen LogP contribution in [0.2, 0.25) is 0 Å². The Morgan fingerprint density at radius 2 is 1.79 bits per heavy atom. The van der Waals surface area contributed by atoms with Crippen LogP contribution in [0.4, 0.5) is 5.95 Å². The van der Waals surface area contributed by atoms with E-state index >= 15 is 0 Å². The Hall–Kier alpha value is -1.94. The molecule has 0 aliphatic carbocycles. The molecule has 2 aromatic heterocycles. The van der Waals surface area contributed by atoms with Crippen LogP contribution in [-0.2, 0) is 17.1 Å². The Morgan fingerprint density at radius 1 is 1.14 bits per heavy atom. The molecule has 3 heterocycles. The monoisotopic (exact) mass is 410 g/mol. The third-order valence-corrected chi connectivity index (χ3v) is 7.18. The second-order valence-corrected chi connectivity index (χ2v) is 9.73. The number of sulfonamides is 1. The molecule has 0 atom stereocenters. The Labute approximate surface area is 166 Å². The number of piperazine rings is 1. The standard InChI is InChI=1S/C18H30N6O3S/c1-6-7-12-28(26,27)23-10-8-22(9-11-23)18-19-15-14(4)20-21(5)16(15)17(25)24(18)13(2)3/h13H,6-12H2,1-5H3. The molecule has 1 aliphatic rings. The molecule has 3 rings (SSSR count). The normalized spacial score (nSPS) is 16.4. The minimum absolute atomic E-state index is 0.0686. The number of aromatic nitrogens is 4. The molecule has 0 spiro atoms. The molecule has 0 saturated carbocycles. The molecule has 2 aromatic rings. The molecular formula is C18H30N6O3S. The van der Waals surface area contributed by atoms with Gasteiger partial charge in [-0.15, -0.1) is 0 Å². The van der Waals surface area contributed by atoms with E-state index in [1.807, 2.05) is 32.6 Å². The summed E-state index contributed by atoms with van der Waals surface area (Å²) in [6, 6.07) is -0.0686. The van der Waals surface area contributed by atoms with Crippen molar-refractivity contribution in [2.75, 3.05) is 36.8 Å². The average molecular weight is 411 g/mol. The van der Waals surface area contributed by atoms with E-state index < -0.39 is 10.0 Å². The number of aryl methyl sites for hydroxylation is 2. The summed E-state index contributed by atoms with van der Waals surface area (Å²) in [5.74, 6) is 0.786. The van der Waals surface area contributed by atoms with Crippen LogP contribution in [0.15, 0.2) is 4.79 Å². The minimum atomic E-state index is -3.22. The topological polar surface area (TPSA) is 93.3 Å². The summed E-state index contributed by atoms with van der Waals surface area (Å²) in [6.07, 6.45) is 1.53. The Morgan fingerprint density at radius 3 is 2.36 bits per heavy atom. The van der Waals surface area contributed by atoms with Crippen LogP contribution in [0.1, 0.15) is 45.3 Å². The summed E-state index contributed by atoms with van der Waals surface area (Å²) in [4.78, 5) is 19.9. The van der Waals surface area contributed by atoms with Crippen LogP contribution in [0, 0.1) is 6.92 Å². The van der Waals surface area contributed by atoms with Crippen LogP contribution in [0.5, 0.6) is 0 Å². The Balaban J connectivity index is 1.94. The predicted molar refractivity (Wildman–Crippen MR) is 110 cm³/mol. The molecule has 1 fully saturated rings. The van der Waals surface area contributed by atoms with Gasteiger partial charge in [0.2, 0.25) is 16.0 Å². The van der Waals surface area contributed by atoms with Crippen molar-refractivity contribution in [3.05, 3.63) is 16.0 Å². The van der Waals surface area contributed by atoms with Crippen molar-refractivity contribution in [2.24, 2.45) is 7.05 Å². The van der Waals surface area contributed by atoms with Crippen LogP contribution in [0.3, 0.4) is 0 Å². The second kappa shape index (κ2) is 7.82. The minimum Gasteiger partial charge on any atom is -0.339 e. The van der Waals surface area contributed by atoms with E-state index in [0.717, 1.165) is 6.42 Å². The molecule has 1 aliphatic heterocycles. The van der Waals surface area contributed by atoms with Gasteiger partial charge in [0.05, 0.1) is 11.4 Å². The zero-order valence-electron chi connectivity index (χ0n) is 17.3. The van der Waals surface area contributed by atoms with Crippen molar-refractivity contribution in [1.29, 1.82) is 0 Å². The van der Waals surface area contributed by atoms with Gasteiger partial charge < -0.3 is 4.90 Å². The van der Waals surface area contributed by atoms with Crippen molar-refractivity contribution in [3.63, 3.8) is 0 Å². The van der Waals surface area contributed by atoms with Crippen LogP contribution in [0.25, 0.3) is 11.0 Å². The summed E-state index contributed by atoms with van der Waals surface area (Å²) >= 11 is 0. The van der Waals surface area contributed by atoms with E-state index in [2.05, 4.69) is 5.10 Å². The summed E-state index contributed by atoms with van der Waals surface area (Å²) < 4.78 is 29.8. The first-order valence-corrected chi connectivity index (χ1v) is 11.5. The highest BCUT2D eigenvalue weighted by Crippen LogP contribution is 2.22. The van der Waals surface area contributed by atoms with Crippen LogP contribution >= 0.6 is 0 Å². The number of anilines is 1. The highest BCUT2D eigenvalue weighted by Gasteiger charge is 2.29. The van der Waals surface area contributed by atoms with Crippen molar-refractivity contribution in [3.8, 4) is 0 Å². The molecule has 0 aromatic carbocycles. The maximum Gasteiger partial charge on any atom is 0.281 e. The van der Waals surface area contributed by atoms with Crippen LogP contribution in [-0.4, -0.2) is 64.0 Å². The maximum atomic E-state index is 13.1. The van der Waals surface area contributed by atoms with Gasteiger partial charge in [-0.2, -0.15) is 9.40 Å². The third-order valence-electron chi connectivity index (χ3n) is 5.23.